The van der Waals surface area contributed by atoms with Gasteiger partial charge in [0, 0.05) is 36.7 Å². The molecule has 0 radical (unpaired) electrons. The van der Waals surface area contributed by atoms with Gasteiger partial charge in [-0.25, -0.2) is 0 Å². The Labute approximate surface area is 189 Å². The highest BCUT2D eigenvalue weighted by molar-refractivity contribution is 6.31. The van der Waals surface area contributed by atoms with Crippen LogP contribution in [0.15, 0.2) is 36.4 Å². The van der Waals surface area contributed by atoms with Crippen molar-refractivity contribution >= 4 is 17.4 Å². The molecule has 1 heterocycles. The van der Waals surface area contributed by atoms with Crippen molar-refractivity contribution in [1.29, 1.82) is 0 Å². The quantitative estimate of drug-likeness (QED) is 0.431. The molecule has 0 spiro atoms. The van der Waals surface area contributed by atoms with Crippen LogP contribution < -0.4 is 0 Å². The Balaban J connectivity index is 1.40. The summed E-state index contributed by atoms with van der Waals surface area (Å²) in [5.41, 5.74) is 5.99. The van der Waals surface area contributed by atoms with Crippen molar-refractivity contribution in [2.24, 2.45) is 0 Å². The van der Waals surface area contributed by atoms with E-state index >= 15 is 0 Å². The summed E-state index contributed by atoms with van der Waals surface area (Å²) in [6.45, 7) is 6.27. The van der Waals surface area contributed by atoms with E-state index in [0.29, 0.717) is 30.3 Å². The molecule has 0 unspecified atom stereocenters. The molecular formula is C26H30ClN3O. The van der Waals surface area contributed by atoms with Gasteiger partial charge in [-0.15, -0.1) is 10.2 Å². The van der Waals surface area contributed by atoms with E-state index in [1.54, 1.807) is 0 Å². The first-order valence-electron chi connectivity index (χ1n) is 11.2. The highest BCUT2D eigenvalue weighted by Gasteiger charge is 2.29. The van der Waals surface area contributed by atoms with Gasteiger partial charge in [0.25, 0.3) is 0 Å². The van der Waals surface area contributed by atoms with Crippen LogP contribution in [0.5, 0.6) is 0 Å². The Bertz CT molecular complexity index is 1100. The number of hydrogen-bond donors (Lipinski definition) is 0. The molecule has 0 amide bonds. The first kappa shape index (κ1) is 21.8. The van der Waals surface area contributed by atoms with E-state index in [1.807, 2.05) is 25.1 Å². The molecular weight excluding hydrogens is 406 g/mol. The van der Waals surface area contributed by atoms with Gasteiger partial charge in [0.05, 0.1) is 0 Å². The fourth-order valence-electron chi connectivity index (χ4n) is 4.22. The van der Waals surface area contributed by atoms with Crippen molar-refractivity contribution in [2.45, 2.75) is 71.8 Å². The zero-order chi connectivity index (χ0) is 22.0. The monoisotopic (exact) mass is 435 g/mol. The number of rotatable bonds is 9. The molecule has 4 rings (SSSR count). The number of halogens is 1. The Morgan fingerprint density at radius 3 is 2.45 bits per heavy atom. The lowest BCUT2D eigenvalue weighted by atomic mass is 10.0. The number of aryl methyl sites for hydroxylation is 5. The molecule has 0 bridgehead atoms. The maximum atomic E-state index is 12.6. The number of carbonyl (C=O) groups excluding carboxylic acids is 1. The molecule has 3 aromatic rings. The first-order valence-corrected chi connectivity index (χ1v) is 11.5. The number of hydrogen-bond acceptors (Lipinski definition) is 3. The summed E-state index contributed by atoms with van der Waals surface area (Å²) in [7, 11) is 0. The third kappa shape index (κ3) is 5.24. The van der Waals surface area contributed by atoms with E-state index in [4.69, 9.17) is 11.6 Å². The minimum absolute atomic E-state index is 0.215. The van der Waals surface area contributed by atoms with E-state index in [-0.39, 0.29) is 5.78 Å². The second-order valence-corrected chi connectivity index (χ2v) is 9.21. The van der Waals surface area contributed by atoms with Crippen molar-refractivity contribution in [1.82, 2.24) is 14.8 Å². The van der Waals surface area contributed by atoms with Gasteiger partial charge < -0.3 is 4.57 Å². The van der Waals surface area contributed by atoms with Crippen LogP contribution in [0.1, 0.15) is 64.8 Å². The van der Waals surface area contributed by atoms with Crippen molar-refractivity contribution in [2.75, 3.05) is 0 Å². The fourth-order valence-corrected chi connectivity index (χ4v) is 4.42. The second-order valence-electron chi connectivity index (χ2n) is 8.80. The normalized spacial score (nSPS) is 13.5. The largest absolute Gasteiger partial charge is 0.312 e. The number of aromatic nitrogens is 3. The fraction of sp³-hybridized carbons (Fsp3) is 0.423. The summed E-state index contributed by atoms with van der Waals surface area (Å²) in [5, 5.41) is 9.70. The third-order valence-corrected chi connectivity index (χ3v) is 6.67. The van der Waals surface area contributed by atoms with E-state index in [2.05, 4.69) is 46.8 Å². The first-order chi connectivity index (χ1) is 14.9. The van der Waals surface area contributed by atoms with Gasteiger partial charge >= 0.3 is 0 Å². The molecule has 0 saturated heterocycles. The summed E-state index contributed by atoms with van der Waals surface area (Å²) in [5.74, 6) is 2.22. The molecule has 0 atom stereocenters. The van der Waals surface area contributed by atoms with E-state index in [0.717, 1.165) is 35.6 Å². The minimum Gasteiger partial charge on any atom is -0.312 e. The number of benzene rings is 2. The van der Waals surface area contributed by atoms with Crippen LogP contribution in [0.3, 0.4) is 0 Å². The summed E-state index contributed by atoms with van der Waals surface area (Å²) in [6.07, 6.45) is 5.74. The Morgan fingerprint density at radius 1 is 1.00 bits per heavy atom. The SMILES string of the molecule is Cc1ccc(CCc2nnc(CCC(=O)Cc3cccc(Cl)c3C)n2C2CC2)c(C)c1. The van der Waals surface area contributed by atoms with Gasteiger partial charge in [0.1, 0.15) is 17.4 Å². The molecule has 0 aliphatic heterocycles. The predicted molar refractivity (Wildman–Crippen MR) is 125 cm³/mol. The standard InChI is InChI=1S/C26H30ClN3O/c1-17-7-8-20(18(2)15-17)9-13-25-28-29-26(30(25)22-10-11-22)14-12-23(31)16-21-5-4-6-24(27)19(21)3/h4-8,15,22H,9-14,16H2,1-3H3. The van der Waals surface area contributed by atoms with Gasteiger partial charge in [-0.3, -0.25) is 4.79 Å². The summed E-state index contributed by atoms with van der Waals surface area (Å²) in [6, 6.07) is 12.9. The lowest BCUT2D eigenvalue weighted by Crippen LogP contribution is -2.11. The smallest absolute Gasteiger partial charge is 0.137 e. The van der Waals surface area contributed by atoms with Crippen molar-refractivity contribution in [3.05, 3.63) is 80.9 Å². The number of carbonyl (C=O) groups is 1. The van der Waals surface area contributed by atoms with Gasteiger partial charge in [-0.2, -0.15) is 0 Å². The highest BCUT2D eigenvalue weighted by atomic mass is 35.5. The summed E-state index contributed by atoms with van der Waals surface area (Å²) < 4.78 is 2.31. The molecule has 1 fully saturated rings. The lowest BCUT2D eigenvalue weighted by molar-refractivity contribution is -0.118. The Hall–Kier alpha value is -2.46. The topological polar surface area (TPSA) is 47.8 Å². The zero-order valence-corrected chi connectivity index (χ0v) is 19.4. The van der Waals surface area contributed by atoms with Crippen LogP contribution in [0.4, 0.5) is 0 Å². The van der Waals surface area contributed by atoms with Crippen molar-refractivity contribution in [3.8, 4) is 0 Å². The van der Waals surface area contributed by atoms with Crippen LogP contribution in [-0.2, 0) is 30.5 Å². The van der Waals surface area contributed by atoms with E-state index in [1.165, 1.54) is 29.5 Å². The van der Waals surface area contributed by atoms with Crippen LogP contribution in [-0.4, -0.2) is 20.5 Å². The maximum Gasteiger partial charge on any atom is 0.137 e. The van der Waals surface area contributed by atoms with Crippen LogP contribution >= 0.6 is 11.6 Å². The summed E-state index contributed by atoms with van der Waals surface area (Å²) in [4.78, 5) is 12.6. The second kappa shape index (κ2) is 9.35. The van der Waals surface area contributed by atoms with Gasteiger partial charge in [0.15, 0.2) is 0 Å². The molecule has 2 aromatic carbocycles. The molecule has 5 heteroatoms. The average Bonchev–Trinajstić information content (AvgIpc) is 3.49. The van der Waals surface area contributed by atoms with Gasteiger partial charge in [0.2, 0.25) is 0 Å². The molecule has 1 aliphatic rings. The van der Waals surface area contributed by atoms with E-state index < -0.39 is 0 Å². The highest BCUT2D eigenvalue weighted by Crippen LogP contribution is 2.37. The number of Topliss-reactive ketones (excluding diaryl/α,β-unsaturated/α-hetero) is 1. The lowest BCUT2D eigenvalue weighted by Gasteiger charge is -2.11. The molecule has 0 N–H and O–H groups in total. The molecule has 1 saturated carbocycles. The van der Waals surface area contributed by atoms with Crippen LogP contribution in [0.25, 0.3) is 0 Å². The Kier molecular flexibility index (Phi) is 6.57. The number of ketones is 1. The molecule has 31 heavy (non-hydrogen) atoms. The predicted octanol–water partition coefficient (Wildman–Crippen LogP) is 5.72. The Morgan fingerprint density at radius 2 is 1.74 bits per heavy atom. The molecule has 162 valence electrons. The molecule has 1 aromatic heterocycles. The van der Waals surface area contributed by atoms with Crippen molar-refractivity contribution in [3.63, 3.8) is 0 Å². The average molecular weight is 436 g/mol. The summed E-state index contributed by atoms with van der Waals surface area (Å²) >= 11 is 6.19. The molecule has 1 aliphatic carbocycles. The maximum absolute atomic E-state index is 12.6. The van der Waals surface area contributed by atoms with Crippen LogP contribution in [0, 0.1) is 20.8 Å². The minimum atomic E-state index is 0.215. The van der Waals surface area contributed by atoms with E-state index in [9.17, 15) is 4.79 Å². The third-order valence-electron chi connectivity index (χ3n) is 6.26. The molecule has 4 nitrogen and oxygen atoms in total. The van der Waals surface area contributed by atoms with Crippen LogP contribution in [0.2, 0.25) is 5.02 Å². The van der Waals surface area contributed by atoms with Crippen molar-refractivity contribution < 1.29 is 4.79 Å². The zero-order valence-electron chi connectivity index (χ0n) is 18.6. The number of nitrogens with zero attached hydrogens (tertiary/aromatic N) is 3. The van der Waals surface area contributed by atoms with Gasteiger partial charge in [-0.05, 0) is 68.4 Å². The van der Waals surface area contributed by atoms with Gasteiger partial charge in [-0.1, -0.05) is 47.5 Å².